The number of unbranched alkanes of at least 4 members (excludes halogenated alkanes) is 1. The molecule has 2 saturated carbocycles. The summed E-state index contributed by atoms with van der Waals surface area (Å²) in [7, 11) is 0. The van der Waals surface area contributed by atoms with Gasteiger partial charge in [-0.3, -0.25) is 19.4 Å². The van der Waals surface area contributed by atoms with E-state index < -0.39 is 23.2 Å². The molecule has 7 heteroatoms. The summed E-state index contributed by atoms with van der Waals surface area (Å²) >= 11 is 0. The number of nitrogens with zero attached hydrogens (tertiary/aromatic N) is 2. The number of likely N-dealkylation sites (tertiary alicyclic amines) is 2. The largest absolute Gasteiger partial charge is 0.504 e. The number of carbonyl (C=O) groups excluding carboxylic acids is 2. The predicted octanol–water partition coefficient (Wildman–Crippen LogP) is 2.81. The van der Waals surface area contributed by atoms with Gasteiger partial charge in [0.15, 0.2) is 11.5 Å². The third kappa shape index (κ3) is 2.74. The summed E-state index contributed by atoms with van der Waals surface area (Å²) in [5.74, 6) is 0.872. The van der Waals surface area contributed by atoms with Crippen molar-refractivity contribution in [3.05, 3.63) is 34.9 Å². The van der Waals surface area contributed by atoms with Crippen LogP contribution < -0.4 is 4.74 Å². The number of phenols is 1. The molecule has 2 amide bonds. The molecule has 7 rings (SSSR count). The van der Waals surface area contributed by atoms with Crippen molar-refractivity contribution >= 4 is 11.8 Å². The topological polar surface area (TPSA) is 90.3 Å². The van der Waals surface area contributed by atoms with Crippen LogP contribution in [0, 0.1) is 5.92 Å². The second kappa shape index (κ2) is 7.32. The third-order valence-electron chi connectivity index (χ3n) is 9.85. The second-order valence-corrected chi connectivity index (χ2v) is 11.7. The number of benzene rings is 1. The van der Waals surface area contributed by atoms with E-state index in [1.54, 1.807) is 6.07 Å². The highest BCUT2D eigenvalue weighted by Crippen LogP contribution is 2.66. The number of allylic oxidation sites excluding steroid dienone is 1. The standard InChI is InChI=1S/C28H34N2O5/c1-2-3-4-18-14-22(32)30(26(18)33)19-9-10-28(34)21-13-17-7-8-20(31)24-23(17)27(28,25(19)35-24)11-12-29(21)15-16-5-6-16/h4,7-8,16,19,21,25,31,34H,2-3,5-6,9-15H2,1H3. The smallest absolute Gasteiger partial charge is 0.256 e. The van der Waals surface area contributed by atoms with E-state index in [-0.39, 0.29) is 30.0 Å². The Morgan fingerprint density at radius 1 is 1.20 bits per heavy atom. The molecule has 6 aliphatic rings. The number of imide groups is 1. The van der Waals surface area contributed by atoms with E-state index in [9.17, 15) is 19.8 Å². The number of phenolic OH excluding ortho intramolecular Hbond substituents is 1. The summed E-state index contributed by atoms with van der Waals surface area (Å²) in [5, 5.41) is 23.4. The molecule has 2 bridgehead atoms. The van der Waals surface area contributed by atoms with Gasteiger partial charge in [0.1, 0.15) is 6.10 Å². The Morgan fingerprint density at radius 2 is 2.03 bits per heavy atom. The van der Waals surface area contributed by atoms with Gasteiger partial charge in [-0.1, -0.05) is 25.5 Å². The number of amides is 2. The first-order chi connectivity index (χ1) is 16.9. The highest BCUT2D eigenvalue weighted by atomic mass is 16.5. The predicted molar refractivity (Wildman–Crippen MR) is 128 cm³/mol. The highest BCUT2D eigenvalue weighted by molar-refractivity contribution is 6.13. The van der Waals surface area contributed by atoms with Crippen LogP contribution in [0.25, 0.3) is 0 Å². The molecule has 5 atom stereocenters. The van der Waals surface area contributed by atoms with Gasteiger partial charge in [-0.25, -0.2) is 0 Å². The van der Waals surface area contributed by atoms with Gasteiger partial charge < -0.3 is 14.9 Å². The molecule has 3 aliphatic heterocycles. The summed E-state index contributed by atoms with van der Waals surface area (Å²) in [4.78, 5) is 30.5. The van der Waals surface area contributed by atoms with E-state index in [1.165, 1.54) is 17.7 Å². The van der Waals surface area contributed by atoms with Gasteiger partial charge in [0.2, 0.25) is 5.91 Å². The minimum atomic E-state index is -1.01. The van der Waals surface area contributed by atoms with Gasteiger partial charge in [-0.15, -0.1) is 0 Å². The number of ether oxygens (including phenoxy) is 1. The van der Waals surface area contributed by atoms with Crippen molar-refractivity contribution in [2.24, 2.45) is 5.92 Å². The van der Waals surface area contributed by atoms with Crippen LogP contribution in [0.1, 0.15) is 69.4 Å². The molecular weight excluding hydrogens is 444 g/mol. The van der Waals surface area contributed by atoms with E-state index in [0.717, 1.165) is 49.4 Å². The van der Waals surface area contributed by atoms with Crippen molar-refractivity contribution in [3.8, 4) is 11.5 Å². The molecule has 2 saturated heterocycles. The number of rotatable bonds is 5. The summed E-state index contributed by atoms with van der Waals surface area (Å²) in [6.45, 7) is 3.93. The lowest BCUT2D eigenvalue weighted by Gasteiger charge is -2.64. The molecule has 1 aromatic carbocycles. The fraction of sp³-hybridized carbons (Fsp3) is 0.643. The van der Waals surface area contributed by atoms with E-state index >= 15 is 0 Å². The zero-order chi connectivity index (χ0) is 24.1. The number of carbonyl (C=O) groups is 2. The highest BCUT2D eigenvalue weighted by Gasteiger charge is 2.74. The van der Waals surface area contributed by atoms with Gasteiger partial charge in [0.05, 0.1) is 23.5 Å². The van der Waals surface area contributed by atoms with Gasteiger partial charge in [0, 0.05) is 23.7 Å². The van der Waals surface area contributed by atoms with Gasteiger partial charge in [-0.05, 0) is 69.0 Å². The normalized spacial score (nSPS) is 38.7. The first kappa shape index (κ1) is 21.9. The van der Waals surface area contributed by atoms with Gasteiger partial charge in [-0.2, -0.15) is 0 Å². The molecule has 0 aromatic heterocycles. The van der Waals surface area contributed by atoms with Crippen molar-refractivity contribution in [2.75, 3.05) is 13.1 Å². The molecule has 3 heterocycles. The molecule has 35 heavy (non-hydrogen) atoms. The van der Waals surface area contributed by atoms with E-state index in [2.05, 4.69) is 11.8 Å². The van der Waals surface area contributed by atoms with Crippen LogP contribution >= 0.6 is 0 Å². The molecule has 0 radical (unpaired) electrons. The lowest BCUT2D eigenvalue weighted by Crippen LogP contribution is -2.78. The van der Waals surface area contributed by atoms with E-state index in [4.69, 9.17) is 4.74 Å². The molecule has 1 aromatic rings. The van der Waals surface area contributed by atoms with Crippen molar-refractivity contribution in [1.29, 1.82) is 0 Å². The third-order valence-corrected chi connectivity index (χ3v) is 9.85. The fourth-order valence-electron chi connectivity index (χ4n) is 8.13. The Labute approximate surface area is 205 Å². The fourth-order valence-corrected chi connectivity index (χ4v) is 8.13. The van der Waals surface area contributed by atoms with Gasteiger partial charge >= 0.3 is 0 Å². The number of hydrogen-bond donors (Lipinski definition) is 2. The maximum Gasteiger partial charge on any atom is 0.256 e. The Bertz CT molecular complexity index is 1160. The maximum atomic E-state index is 13.4. The summed E-state index contributed by atoms with van der Waals surface area (Å²) in [6.07, 6.45) is 8.19. The van der Waals surface area contributed by atoms with E-state index in [0.29, 0.717) is 30.6 Å². The van der Waals surface area contributed by atoms with Crippen LogP contribution in [0.4, 0.5) is 0 Å². The molecule has 3 aliphatic carbocycles. The van der Waals surface area contributed by atoms with Crippen LogP contribution in [0.2, 0.25) is 0 Å². The summed E-state index contributed by atoms with van der Waals surface area (Å²) in [6, 6.07) is 3.21. The van der Waals surface area contributed by atoms with E-state index in [1.807, 2.05) is 12.1 Å². The van der Waals surface area contributed by atoms with Crippen molar-refractivity contribution in [1.82, 2.24) is 9.80 Å². The lowest BCUT2D eigenvalue weighted by atomic mass is 9.48. The summed E-state index contributed by atoms with van der Waals surface area (Å²) in [5.41, 5.74) is 0.894. The Hall–Kier alpha value is -2.38. The lowest BCUT2D eigenvalue weighted by molar-refractivity contribution is -0.201. The molecule has 186 valence electrons. The molecule has 5 unspecified atom stereocenters. The minimum Gasteiger partial charge on any atom is -0.504 e. The van der Waals surface area contributed by atoms with Crippen molar-refractivity contribution < 1.29 is 24.5 Å². The number of hydrogen-bond acceptors (Lipinski definition) is 6. The maximum absolute atomic E-state index is 13.4. The number of aliphatic hydroxyl groups is 1. The first-order valence-electron chi connectivity index (χ1n) is 13.4. The number of aromatic hydroxyl groups is 1. The first-order valence-corrected chi connectivity index (χ1v) is 13.4. The molecular formula is C28H34N2O5. The monoisotopic (exact) mass is 478 g/mol. The van der Waals surface area contributed by atoms with Gasteiger partial charge in [0.25, 0.3) is 5.91 Å². The Morgan fingerprint density at radius 3 is 2.80 bits per heavy atom. The SMILES string of the molecule is CCCC=C1CC(=O)N(C2CCC3(O)C4Cc5ccc(O)c6c5C3(CCN4CC3CC3)C2O6)C1=O. The number of piperidine rings is 1. The van der Waals surface area contributed by atoms with Crippen molar-refractivity contribution in [2.45, 2.75) is 93.9 Å². The van der Waals surface area contributed by atoms with Crippen LogP contribution in [0.5, 0.6) is 11.5 Å². The molecule has 7 nitrogen and oxygen atoms in total. The van der Waals surface area contributed by atoms with Crippen LogP contribution in [-0.4, -0.2) is 68.7 Å². The summed E-state index contributed by atoms with van der Waals surface area (Å²) < 4.78 is 6.55. The Kier molecular flexibility index (Phi) is 4.58. The quantitative estimate of drug-likeness (QED) is 0.500. The van der Waals surface area contributed by atoms with Crippen LogP contribution in [0.3, 0.4) is 0 Å². The zero-order valence-electron chi connectivity index (χ0n) is 20.3. The second-order valence-electron chi connectivity index (χ2n) is 11.7. The average molecular weight is 479 g/mol. The molecule has 4 fully saturated rings. The van der Waals surface area contributed by atoms with Crippen LogP contribution in [-0.2, 0) is 21.4 Å². The molecule has 2 N–H and O–H groups in total. The van der Waals surface area contributed by atoms with Crippen molar-refractivity contribution in [3.63, 3.8) is 0 Å². The minimum absolute atomic E-state index is 0.0168. The Balaban J connectivity index is 1.33. The molecule has 1 spiro atoms. The average Bonchev–Trinajstić information content (AvgIpc) is 3.51. The van der Waals surface area contributed by atoms with Crippen LogP contribution in [0.15, 0.2) is 23.8 Å². The zero-order valence-corrected chi connectivity index (χ0v) is 20.3.